The van der Waals surface area contributed by atoms with Crippen molar-refractivity contribution in [3.8, 4) is 0 Å². The number of hydrogen-bond acceptors (Lipinski definition) is 5. The standard InChI is InChI=1S/C38H23O2S4.6FH.Sb/c39-37-29-10-4-6-12-33(29)42-35-20-16-25(22-31(35)37)41-24-14-17-27(18-15-24)44(26-8-2-1-3-9-26)28-19-21-36-32(23-28)38(40)30-11-5-7-13-34(30)43-36;;;;;;;/h1-23H;6*1H;/q+1;;;;;;;+5/p-6. The van der Waals surface area contributed by atoms with Crippen LogP contribution in [0.2, 0.25) is 0 Å². The maximum atomic E-state index is 13.5. The first-order valence-corrected chi connectivity index (χ1v) is 23.5. The molecule has 0 fully saturated rings. The van der Waals surface area contributed by atoms with Gasteiger partial charge in [-0.1, -0.05) is 54.2 Å². The quantitative estimate of drug-likeness (QED) is 0.0750. The van der Waals surface area contributed by atoms with Crippen LogP contribution in [0.4, 0.5) is 14.1 Å². The SMILES string of the molecule is O=c1c2ccccc2sc2ccc(Sc3ccc([S+](c4ccccc4)c4ccc5sc6ccccc6c(=O)c5c4)cc3)cc12.[F-].[F][Sb]([F])([F])([F])[F]. The molecule has 2 aromatic heterocycles. The van der Waals surface area contributed by atoms with Crippen molar-refractivity contribution < 1.29 is 18.8 Å². The molecule has 0 aliphatic carbocycles. The van der Waals surface area contributed by atoms with Gasteiger partial charge in [0.25, 0.3) is 0 Å². The topological polar surface area (TPSA) is 34.1 Å². The fourth-order valence-corrected chi connectivity index (χ4v) is 10.6. The van der Waals surface area contributed by atoms with Gasteiger partial charge in [-0.05, 0) is 91.0 Å². The van der Waals surface area contributed by atoms with Gasteiger partial charge in [-0.25, -0.2) is 0 Å². The van der Waals surface area contributed by atoms with E-state index in [2.05, 4.69) is 78.9 Å². The minimum atomic E-state index is -9.19. The second-order valence-corrected chi connectivity index (χ2v) is 20.0. The van der Waals surface area contributed by atoms with E-state index < -0.39 is 20.3 Å². The molecule has 2 heterocycles. The van der Waals surface area contributed by atoms with Gasteiger partial charge < -0.3 is 4.70 Å². The Labute approximate surface area is 307 Å². The first kappa shape index (κ1) is 37.0. The zero-order chi connectivity index (χ0) is 35.1. The van der Waals surface area contributed by atoms with Crippen molar-refractivity contribution in [1.82, 2.24) is 0 Å². The van der Waals surface area contributed by atoms with E-state index in [4.69, 9.17) is 0 Å². The van der Waals surface area contributed by atoms with E-state index in [1.807, 2.05) is 60.7 Å². The number of rotatable bonds is 5. The number of fused-ring (bicyclic) bond motifs is 4. The Kier molecular flexibility index (Phi) is 10.6. The molecule has 2 nitrogen and oxygen atoms in total. The summed E-state index contributed by atoms with van der Waals surface area (Å²) in [5.74, 6) is 0. The molecule has 1 atom stereocenters. The summed E-state index contributed by atoms with van der Waals surface area (Å²) in [5.41, 5.74) is 0.175. The second kappa shape index (κ2) is 14.7. The van der Waals surface area contributed by atoms with Gasteiger partial charge in [0.2, 0.25) is 0 Å². The maximum absolute atomic E-state index is 13.5. The first-order chi connectivity index (χ1) is 23.9. The normalized spacial score (nSPS) is 12.8. The molecule has 0 aliphatic rings. The molecular weight excluding hydrogens is 852 g/mol. The van der Waals surface area contributed by atoms with Crippen LogP contribution in [-0.4, -0.2) is 20.3 Å². The third kappa shape index (κ3) is 8.64. The van der Waals surface area contributed by atoms with Crippen molar-refractivity contribution in [2.75, 3.05) is 0 Å². The fourth-order valence-electron chi connectivity index (χ4n) is 5.50. The second-order valence-electron chi connectivity index (χ2n) is 11.0. The molecule has 51 heavy (non-hydrogen) atoms. The van der Waals surface area contributed by atoms with Gasteiger partial charge in [-0.3, -0.25) is 9.59 Å². The van der Waals surface area contributed by atoms with Gasteiger partial charge in [0, 0.05) is 56.2 Å². The summed E-state index contributed by atoms with van der Waals surface area (Å²) in [4.78, 5) is 32.4. The van der Waals surface area contributed by atoms with E-state index in [0.717, 1.165) is 55.0 Å². The van der Waals surface area contributed by atoms with Crippen LogP contribution >= 0.6 is 34.4 Å². The number of halogens is 6. The van der Waals surface area contributed by atoms with Crippen LogP contribution in [0.15, 0.2) is 174 Å². The summed E-state index contributed by atoms with van der Waals surface area (Å²) >= 11 is -4.21. The fraction of sp³-hybridized carbons (Fsp3) is 0. The molecule has 1 unspecified atom stereocenters. The number of hydrogen-bond donors (Lipinski definition) is 0. The molecule has 6 aromatic carbocycles. The van der Waals surface area contributed by atoms with Crippen molar-refractivity contribution in [3.63, 3.8) is 0 Å². The van der Waals surface area contributed by atoms with E-state index in [9.17, 15) is 23.7 Å². The molecule has 0 spiro atoms. The molecule has 0 N–H and O–H groups in total. The first-order valence-electron chi connectivity index (χ1n) is 15.0. The van der Waals surface area contributed by atoms with Crippen LogP contribution in [0.25, 0.3) is 40.3 Å². The van der Waals surface area contributed by atoms with Crippen LogP contribution in [0.3, 0.4) is 0 Å². The summed E-state index contributed by atoms with van der Waals surface area (Å²) in [7, 11) is -0.386. The third-order valence-electron chi connectivity index (χ3n) is 7.60. The van der Waals surface area contributed by atoms with E-state index in [1.54, 1.807) is 34.4 Å². The predicted molar refractivity (Wildman–Crippen MR) is 202 cm³/mol. The predicted octanol–water partition coefficient (Wildman–Crippen LogP) is 9.11. The molecule has 0 saturated heterocycles. The van der Waals surface area contributed by atoms with Crippen LogP contribution in [-0.2, 0) is 10.9 Å². The number of benzene rings is 6. The molecule has 0 radical (unpaired) electrons. The van der Waals surface area contributed by atoms with E-state index >= 15 is 0 Å². The van der Waals surface area contributed by atoms with Gasteiger partial charge >= 0.3 is 34.4 Å². The summed E-state index contributed by atoms with van der Waals surface area (Å²) < 4.78 is 53.6. The van der Waals surface area contributed by atoms with Crippen LogP contribution in [0, 0.1) is 0 Å². The van der Waals surface area contributed by atoms with Gasteiger partial charge in [0.15, 0.2) is 25.5 Å². The zero-order valence-corrected chi connectivity index (χ0v) is 31.8. The van der Waals surface area contributed by atoms with Crippen molar-refractivity contribution in [2.24, 2.45) is 0 Å². The molecule has 8 rings (SSSR count). The molecule has 0 bridgehead atoms. The minimum absolute atomic E-state index is 0. The van der Waals surface area contributed by atoms with Crippen molar-refractivity contribution in [2.45, 2.75) is 24.5 Å². The van der Waals surface area contributed by atoms with Crippen LogP contribution in [0.1, 0.15) is 0 Å². The van der Waals surface area contributed by atoms with E-state index in [1.165, 1.54) is 9.79 Å². The summed E-state index contributed by atoms with van der Waals surface area (Å²) in [6.07, 6.45) is 0. The monoisotopic (exact) mass is 874 g/mol. The van der Waals surface area contributed by atoms with Crippen LogP contribution < -0.4 is 15.6 Å². The van der Waals surface area contributed by atoms with Gasteiger partial charge in [-0.15, -0.1) is 22.7 Å². The van der Waals surface area contributed by atoms with Crippen molar-refractivity contribution in [3.05, 3.63) is 160 Å². The van der Waals surface area contributed by atoms with Gasteiger partial charge in [0.1, 0.15) is 0 Å². The molecule has 13 heteroatoms. The molecule has 0 aliphatic heterocycles. The molecular formula is C38H23F6O2S4Sb. The summed E-state index contributed by atoms with van der Waals surface area (Å²) in [6, 6.07) is 47.4. The van der Waals surface area contributed by atoms with Crippen molar-refractivity contribution >= 4 is 106 Å². The Hall–Kier alpha value is -3.80. The molecule has 0 saturated carbocycles. The Morgan fingerprint density at radius 1 is 0.451 bits per heavy atom. The molecule has 258 valence electrons. The zero-order valence-electron chi connectivity index (χ0n) is 25.9. The van der Waals surface area contributed by atoms with E-state index in [-0.39, 0.29) is 26.5 Å². The van der Waals surface area contributed by atoms with Gasteiger partial charge in [-0.2, -0.15) is 0 Å². The molecule has 0 amide bonds. The Balaban J connectivity index is 0.000000592. The summed E-state index contributed by atoms with van der Waals surface area (Å²) in [6.45, 7) is 0. The van der Waals surface area contributed by atoms with Crippen molar-refractivity contribution in [1.29, 1.82) is 0 Å². The Morgan fingerprint density at radius 2 is 0.863 bits per heavy atom. The van der Waals surface area contributed by atoms with Crippen LogP contribution in [0.5, 0.6) is 0 Å². The average molecular weight is 876 g/mol. The average Bonchev–Trinajstić information content (AvgIpc) is 3.09. The Bertz CT molecular complexity index is 2640. The van der Waals surface area contributed by atoms with Gasteiger partial charge in [0.05, 0.1) is 10.9 Å². The van der Waals surface area contributed by atoms with E-state index in [0.29, 0.717) is 0 Å². The third-order valence-corrected chi connectivity index (χ3v) is 13.1. The Morgan fingerprint density at radius 3 is 1.43 bits per heavy atom. The summed E-state index contributed by atoms with van der Waals surface area (Å²) in [5, 5.41) is 3.09. The molecule has 8 aromatic rings.